The van der Waals surface area contributed by atoms with E-state index in [4.69, 9.17) is 12.2 Å². The Morgan fingerprint density at radius 1 is 1.39 bits per heavy atom. The third kappa shape index (κ3) is 2.48. The Labute approximate surface area is 112 Å². The Kier molecular flexibility index (Phi) is 3.85. The summed E-state index contributed by atoms with van der Waals surface area (Å²) in [6.07, 6.45) is 2.24. The van der Waals surface area contributed by atoms with Crippen molar-refractivity contribution in [3.05, 3.63) is 28.8 Å². The van der Waals surface area contributed by atoms with E-state index in [1.165, 1.54) is 12.1 Å². The molecule has 0 bridgehead atoms. The molecule has 4 heteroatoms. The van der Waals surface area contributed by atoms with Crippen LogP contribution in [0.3, 0.4) is 0 Å². The molecule has 98 valence electrons. The van der Waals surface area contributed by atoms with E-state index in [9.17, 15) is 4.39 Å². The van der Waals surface area contributed by atoms with Gasteiger partial charge in [0.1, 0.15) is 5.82 Å². The Morgan fingerprint density at radius 2 is 2.11 bits per heavy atom. The van der Waals surface area contributed by atoms with Crippen LogP contribution in [0.2, 0.25) is 0 Å². The zero-order chi connectivity index (χ0) is 13.3. The molecule has 2 atom stereocenters. The lowest BCUT2D eigenvalue weighted by Crippen LogP contribution is -2.09. The minimum atomic E-state index is -0.236. The SMILES string of the molecule is CCC(C)CC(C)n1c(=S)[nH]c2cc(F)ccc21. The second kappa shape index (κ2) is 5.22. The van der Waals surface area contributed by atoms with E-state index in [1.54, 1.807) is 6.07 Å². The number of halogens is 1. The highest BCUT2D eigenvalue weighted by Gasteiger charge is 2.13. The first-order valence-electron chi connectivity index (χ1n) is 6.42. The second-order valence-electron chi connectivity index (χ2n) is 5.06. The van der Waals surface area contributed by atoms with Crippen molar-refractivity contribution in [1.82, 2.24) is 9.55 Å². The van der Waals surface area contributed by atoms with Crippen molar-refractivity contribution in [1.29, 1.82) is 0 Å². The number of rotatable bonds is 4. The Hall–Kier alpha value is -1.16. The first-order chi connectivity index (χ1) is 8.52. The van der Waals surface area contributed by atoms with Gasteiger partial charge in [0.25, 0.3) is 0 Å². The number of aromatic amines is 1. The average Bonchev–Trinajstić information content (AvgIpc) is 2.63. The number of nitrogens with one attached hydrogen (secondary N) is 1. The zero-order valence-electron chi connectivity index (χ0n) is 11.0. The molecule has 1 N–H and O–H groups in total. The highest BCUT2D eigenvalue weighted by Crippen LogP contribution is 2.25. The van der Waals surface area contributed by atoms with Crippen LogP contribution >= 0.6 is 12.2 Å². The summed E-state index contributed by atoms with van der Waals surface area (Å²) in [5, 5.41) is 0. The van der Waals surface area contributed by atoms with E-state index in [0.29, 0.717) is 16.7 Å². The number of fused-ring (bicyclic) bond motifs is 1. The molecule has 0 fully saturated rings. The van der Waals surface area contributed by atoms with Gasteiger partial charge in [0.2, 0.25) is 0 Å². The number of imidazole rings is 1. The normalized spacial score (nSPS) is 14.9. The molecule has 0 radical (unpaired) electrons. The summed E-state index contributed by atoms with van der Waals surface area (Å²) in [7, 11) is 0. The summed E-state index contributed by atoms with van der Waals surface area (Å²) < 4.78 is 15.9. The van der Waals surface area contributed by atoms with Gasteiger partial charge >= 0.3 is 0 Å². The van der Waals surface area contributed by atoms with Crippen molar-refractivity contribution in [2.45, 2.75) is 39.7 Å². The highest BCUT2D eigenvalue weighted by atomic mass is 32.1. The molecule has 2 rings (SSSR count). The van der Waals surface area contributed by atoms with Crippen LogP contribution in [0.25, 0.3) is 11.0 Å². The average molecular weight is 266 g/mol. The largest absolute Gasteiger partial charge is 0.330 e. The summed E-state index contributed by atoms with van der Waals surface area (Å²) in [6.45, 7) is 6.61. The molecule has 1 aromatic heterocycles. The maximum atomic E-state index is 13.2. The third-order valence-corrected chi connectivity index (χ3v) is 3.86. The van der Waals surface area contributed by atoms with Gasteiger partial charge in [-0.15, -0.1) is 0 Å². The molecule has 0 aliphatic carbocycles. The molecule has 0 aliphatic rings. The molecule has 0 spiro atoms. The van der Waals surface area contributed by atoms with Crippen LogP contribution in [0.4, 0.5) is 4.39 Å². The van der Waals surface area contributed by atoms with Gasteiger partial charge < -0.3 is 9.55 Å². The fraction of sp³-hybridized carbons (Fsp3) is 0.500. The molecule has 2 unspecified atom stereocenters. The number of hydrogen-bond acceptors (Lipinski definition) is 1. The standard InChI is InChI=1S/C14H19FN2S/c1-4-9(2)7-10(3)17-13-6-5-11(15)8-12(13)16-14(17)18/h5-6,8-10H,4,7H2,1-3H3,(H,16,18). The van der Waals surface area contributed by atoms with Gasteiger partial charge in [-0.3, -0.25) is 0 Å². The minimum Gasteiger partial charge on any atom is -0.330 e. The predicted octanol–water partition coefficient (Wildman–Crippen LogP) is 4.84. The summed E-state index contributed by atoms with van der Waals surface area (Å²) >= 11 is 5.35. The molecule has 0 aliphatic heterocycles. The van der Waals surface area contributed by atoms with Crippen LogP contribution in [-0.2, 0) is 0 Å². The van der Waals surface area contributed by atoms with Crippen LogP contribution in [-0.4, -0.2) is 9.55 Å². The predicted molar refractivity (Wildman–Crippen MR) is 75.9 cm³/mol. The molecule has 0 amide bonds. The lowest BCUT2D eigenvalue weighted by atomic mass is 10.0. The van der Waals surface area contributed by atoms with Crippen molar-refractivity contribution < 1.29 is 4.39 Å². The van der Waals surface area contributed by atoms with Gasteiger partial charge in [-0.25, -0.2) is 4.39 Å². The zero-order valence-corrected chi connectivity index (χ0v) is 11.9. The Morgan fingerprint density at radius 3 is 2.78 bits per heavy atom. The minimum absolute atomic E-state index is 0.236. The topological polar surface area (TPSA) is 20.7 Å². The van der Waals surface area contributed by atoms with Gasteiger partial charge in [0.15, 0.2) is 4.77 Å². The summed E-state index contributed by atoms with van der Waals surface area (Å²) in [5.41, 5.74) is 1.76. The summed E-state index contributed by atoms with van der Waals surface area (Å²) in [5.74, 6) is 0.424. The van der Waals surface area contributed by atoms with Crippen LogP contribution in [0.1, 0.15) is 39.7 Å². The van der Waals surface area contributed by atoms with Gasteiger partial charge in [0, 0.05) is 6.04 Å². The molecule has 0 saturated carbocycles. The molecule has 18 heavy (non-hydrogen) atoms. The fourth-order valence-corrected chi connectivity index (χ4v) is 2.78. The van der Waals surface area contributed by atoms with E-state index in [-0.39, 0.29) is 5.82 Å². The number of nitrogens with zero attached hydrogens (tertiary/aromatic N) is 1. The summed E-state index contributed by atoms with van der Waals surface area (Å²) in [4.78, 5) is 3.08. The number of H-pyrrole nitrogens is 1. The van der Waals surface area contributed by atoms with E-state index in [0.717, 1.165) is 23.9 Å². The van der Waals surface area contributed by atoms with Crippen molar-refractivity contribution in [2.24, 2.45) is 5.92 Å². The fourth-order valence-electron chi connectivity index (χ4n) is 2.40. The van der Waals surface area contributed by atoms with Crippen molar-refractivity contribution in [3.63, 3.8) is 0 Å². The van der Waals surface area contributed by atoms with Gasteiger partial charge in [-0.2, -0.15) is 0 Å². The van der Waals surface area contributed by atoms with E-state index in [2.05, 4.69) is 30.3 Å². The Balaban J connectivity index is 2.44. The van der Waals surface area contributed by atoms with Crippen molar-refractivity contribution >= 4 is 23.3 Å². The van der Waals surface area contributed by atoms with E-state index in [1.807, 2.05) is 0 Å². The molecule has 0 saturated heterocycles. The van der Waals surface area contributed by atoms with Crippen molar-refractivity contribution in [3.8, 4) is 0 Å². The summed E-state index contributed by atoms with van der Waals surface area (Å²) in [6, 6.07) is 5.10. The number of aromatic nitrogens is 2. The number of hydrogen-bond donors (Lipinski definition) is 1. The molecular formula is C14H19FN2S. The van der Waals surface area contributed by atoms with Crippen LogP contribution in [0, 0.1) is 16.5 Å². The van der Waals surface area contributed by atoms with Gasteiger partial charge in [-0.1, -0.05) is 20.3 Å². The monoisotopic (exact) mass is 266 g/mol. The van der Waals surface area contributed by atoms with Crippen LogP contribution in [0.5, 0.6) is 0 Å². The molecule has 1 aromatic carbocycles. The maximum absolute atomic E-state index is 13.2. The Bertz CT molecular complexity index is 599. The molecular weight excluding hydrogens is 247 g/mol. The lowest BCUT2D eigenvalue weighted by molar-refractivity contribution is 0.402. The van der Waals surface area contributed by atoms with Crippen molar-refractivity contribution in [2.75, 3.05) is 0 Å². The van der Waals surface area contributed by atoms with Gasteiger partial charge in [-0.05, 0) is 49.7 Å². The lowest BCUT2D eigenvalue weighted by Gasteiger charge is -2.18. The van der Waals surface area contributed by atoms with E-state index >= 15 is 0 Å². The third-order valence-electron chi connectivity index (χ3n) is 3.56. The smallest absolute Gasteiger partial charge is 0.178 e. The quantitative estimate of drug-likeness (QED) is 0.786. The molecule has 2 aromatic rings. The first kappa shape index (κ1) is 13.3. The van der Waals surface area contributed by atoms with E-state index < -0.39 is 0 Å². The molecule has 1 heterocycles. The van der Waals surface area contributed by atoms with Crippen LogP contribution < -0.4 is 0 Å². The maximum Gasteiger partial charge on any atom is 0.178 e. The molecule has 2 nitrogen and oxygen atoms in total. The van der Waals surface area contributed by atoms with Crippen LogP contribution in [0.15, 0.2) is 18.2 Å². The highest BCUT2D eigenvalue weighted by molar-refractivity contribution is 7.71. The number of benzene rings is 1. The van der Waals surface area contributed by atoms with Gasteiger partial charge in [0.05, 0.1) is 11.0 Å². The second-order valence-corrected chi connectivity index (χ2v) is 5.45. The first-order valence-corrected chi connectivity index (χ1v) is 6.83.